The summed E-state index contributed by atoms with van der Waals surface area (Å²) in [5.74, 6) is 0. The summed E-state index contributed by atoms with van der Waals surface area (Å²) in [5.41, 5.74) is 9.19. The van der Waals surface area contributed by atoms with Crippen LogP contribution in [0.2, 0.25) is 0 Å². The van der Waals surface area contributed by atoms with Gasteiger partial charge in [-0.2, -0.15) is 5.10 Å². The number of aryl methyl sites for hydroxylation is 4. The molecule has 3 heterocycles. The molecule has 0 amide bonds. The molecule has 0 aliphatic heterocycles. The smallest absolute Gasteiger partial charge is 0.0738 e. The maximum absolute atomic E-state index is 4.90. The van der Waals surface area contributed by atoms with Crippen molar-refractivity contribution in [3.63, 3.8) is 0 Å². The van der Waals surface area contributed by atoms with Crippen LogP contribution < -0.4 is 0 Å². The van der Waals surface area contributed by atoms with Crippen LogP contribution in [0.15, 0.2) is 85.3 Å². The van der Waals surface area contributed by atoms with Crippen molar-refractivity contribution >= 4 is 10.9 Å². The van der Waals surface area contributed by atoms with Gasteiger partial charge in [-0.1, -0.05) is 42.5 Å². The first-order valence-electron chi connectivity index (χ1n) is 10.6. The van der Waals surface area contributed by atoms with E-state index in [9.17, 15) is 0 Å². The lowest BCUT2D eigenvalue weighted by atomic mass is 9.99. The van der Waals surface area contributed by atoms with E-state index in [-0.39, 0.29) is 0 Å². The first-order chi connectivity index (χ1) is 15.2. The third-order valence-electron chi connectivity index (χ3n) is 5.69. The summed E-state index contributed by atoms with van der Waals surface area (Å²) in [6.07, 6.45) is 7.58. The van der Waals surface area contributed by atoms with Crippen molar-refractivity contribution < 1.29 is 0 Å². The molecule has 0 aliphatic rings. The van der Waals surface area contributed by atoms with Gasteiger partial charge in [0, 0.05) is 42.2 Å². The highest BCUT2D eigenvalue weighted by atomic mass is 15.2. The average molecular weight is 405 g/mol. The van der Waals surface area contributed by atoms with Crippen LogP contribution in [0.1, 0.15) is 16.8 Å². The molecule has 4 nitrogen and oxygen atoms in total. The maximum Gasteiger partial charge on any atom is 0.0738 e. The fraction of sp³-hybridized carbons (Fsp3) is 0.148. The summed E-state index contributed by atoms with van der Waals surface area (Å²) in [5, 5.41) is 5.88. The molecule has 5 rings (SSSR count). The molecule has 0 atom stereocenters. The van der Waals surface area contributed by atoms with Crippen LogP contribution >= 0.6 is 0 Å². The molecule has 31 heavy (non-hydrogen) atoms. The van der Waals surface area contributed by atoms with E-state index < -0.39 is 0 Å². The number of aromatic nitrogens is 4. The van der Waals surface area contributed by atoms with Crippen LogP contribution in [0.5, 0.6) is 0 Å². The molecule has 0 spiro atoms. The zero-order valence-corrected chi connectivity index (χ0v) is 17.8. The normalized spacial score (nSPS) is 11.2. The lowest BCUT2D eigenvalue weighted by Crippen LogP contribution is -1.96. The molecule has 0 N–H and O–H groups in total. The molecule has 0 radical (unpaired) electrons. The zero-order valence-electron chi connectivity index (χ0n) is 17.8. The minimum atomic E-state index is 0.894. The fourth-order valence-corrected chi connectivity index (χ4v) is 4.10. The highest BCUT2D eigenvalue weighted by Crippen LogP contribution is 2.27. The molecule has 0 unspecified atom stereocenters. The predicted octanol–water partition coefficient (Wildman–Crippen LogP) is 5.79. The van der Waals surface area contributed by atoms with Crippen molar-refractivity contribution in [3.05, 3.63) is 102 Å². The predicted molar refractivity (Wildman–Crippen MR) is 126 cm³/mol. The van der Waals surface area contributed by atoms with E-state index in [1.54, 1.807) is 0 Å². The second-order valence-electron chi connectivity index (χ2n) is 7.94. The Morgan fingerprint density at radius 1 is 0.839 bits per heavy atom. The number of rotatable bonds is 5. The van der Waals surface area contributed by atoms with Gasteiger partial charge in [0.1, 0.15) is 0 Å². The molecule has 3 aromatic heterocycles. The van der Waals surface area contributed by atoms with Crippen molar-refractivity contribution in [2.24, 2.45) is 7.05 Å². The summed E-state index contributed by atoms with van der Waals surface area (Å²) >= 11 is 0. The number of hydrogen-bond acceptors (Lipinski definition) is 3. The first-order valence-corrected chi connectivity index (χ1v) is 10.6. The van der Waals surface area contributed by atoms with Crippen molar-refractivity contribution in [3.8, 4) is 22.4 Å². The number of fused-ring (bicyclic) bond motifs is 1. The molecule has 152 valence electrons. The second kappa shape index (κ2) is 8.15. The van der Waals surface area contributed by atoms with E-state index in [0.717, 1.165) is 40.9 Å². The third-order valence-corrected chi connectivity index (χ3v) is 5.69. The van der Waals surface area contributed by atoms with Crippen molar-refractivity contribution in [1.82, 2.24) is 19.7 Å². The van der Waals surface area contributed by atoms with Crippen molar-refractivity contribution in [1.29, 1.82) is 0 Å². The Kier molecular flexibility index (Phi) is 5.04. The fourth-order valence-electron chi connectivity index (χ4n) is 4.10. The quantitative estimate of drug-likeness (QED) is 0.372. The van der Waals surface area contributed by atoms with E-state index >= 15 is 0 Å². The topological polar surface area (TPSA) is 43.6 Å². The maximum atomic E-state index is 4.90. The van der Waals surface area contributed by atoms with Gasteiger partial charge in [-0.3, -0.25) is 9.67 Å². The van der Waals surface area contributed by atoms with E-state index in [4.69, 9.17) is 10.1 Å². The zero-order chi connectivity index (χ0) is 21.2. The molecule has 0 bridgehead atoms. The SMILES string of the molecule is Cc1cc2ccccc2nc1-c1ccc(CCc2nn(C)cc2-c2ccncc2)cc1. The van der Waals surface area contributed by atoms with Crippen LogP contribution in [0.25, 0.3) is 33.3 Å². The van der Waals surface area contributed by atoms with Gasteiger partial charge >= 0.3 is 0 Å². The Hall–Kier alpha value is -3.79. The molecule has 0 aliphatic carbocycles. The van der Waals surface area contributed by atoms with Crippen molar-refractivity contribution in [2.75, 3.05) is 0 Å². The van der Waals surface area contributed by atoms with Gasteiger partial charge in [0.15, 0.2) is 0 Å². The average Bonchev–Trinajstić information content (AvgIpc) is 3.19. The van der Waals surface area contributed by atoms with E-state index in [0.29, 0.717) is 0 Å². The molecule has 2 aromatic carbocycles. The van der Waals surface area contributed by atoms with Gasteiger partial charge in [0.25, 0.3) is 0 Å². The van der Waals surface area contributed by atoms with Crippen LogP contribution in [0.3, 0.4) is 0 Å². The van der Waals surface area contributed by atoms with Crippen LogP contribution in [0.4, 0.5) is 0 Å². The molecule has 0 saturated carbocycles. The summed E-state index contributed by atoms with van der Waals surface area (Å²) in [4.78, 5) is 9.02. The minimum Gasteiger partial charge on any atom is -0.275 e. The standard InChI is InChI=1S/C27H24N4/c1-19-17-23-5-3-4-6-25(23)29-27(19)22-10-7-20(8-11-22)9-12-26-24(18-31(2)30-26)21-13-15-28-16-14-21/h3-8,10-11,13-18H,9,12H2,1-2H3. The van der Waals surface area contributed by atoms with E-state index in [1.807, 2.05) is 42.3 Å². The minimum absolute atomic E-state index is 0.894. The second-order valence-corrected chi connectivity index (χ2v) is 7.94. The van der Waals surface area contributed by atoms with Crippen LogP contribution in [-0.2, 0) is 19.9 Å². The highest BCUT2D eigenvalue weighted by Gasteiger charge is 2.11. The molecular formula is C27H24N4. The Morgan fingerprint density at radius 3 is 2.42 bits per heavy atom. The van der Waals surface area contributed by atoms with Gasteiger partial charge in [-0.15, -0.1) is 0 Å². The van der Waals surface area contributed by atoms with Gasteiger partial charge in [0.2, 0.25) is 0 Å². The van der Waals surface area contributed by atoms with Gasteiger partial charge in [-0.25, -0.2) is 4.98 Å². The third kappa shape index (κ3) is 3.97. The number of pyridine rings is 2. The molecule has 0 saturated heterocycles. The summed E-state index contributed by atoms with van der Waals surface area (Å²) < 4.78 is 1.89. The van der Waals surface area contributed by atoms with Crippen molar-refractivity contribution in [2.45, 2.75) is 19.8 Å². The van der Waals surface area contributed by atoms with E-state index in [2.05, 4.69) is 66.6 Å². The summed E-state index contributed by atoms with van der Waals surface area (Å²) in [7, 11) is 1.97. The van der Waals surface area contributed by atoms with Gasteiger partial charge < -0.3 is 0 Å². The number of benzene rings is 2. The Bertz CT molecular complexity index is 1340. The van der Waals surface area contributed by atoms with Crippen LogP contribution in [-0.4, -0.2) is 19.7 Å². The summed E-state index contributed by atoms with van der Waals surface area (Å²) in [6.45, 7) is 2.13. The molecular weight excluding hydrogens is 380 g/mol. The first kappa shape index (κ1) is 19.2. The lowest BCUT2D eigenvalue weighted by Gasteiger charge is -2.09. The van der Waals surface area contributed by atoms with Gasteiger partial charge in [-0.05, 0) is 60.7 Å². The molecule has 4 heteroatoms. The Balaban J connectivity index is 1.36. The highest BCUT2D eigenvalue weighted by molar-refractivity contribution is 5.83. The monoisotopic (exact) mass is 404 g/mol. The number of para-hydroxylation sites is 1. The lowest BCUT2D eigenvalue weighted by molar-refractivity contribution is 0.737. The number of nitrogens with zero attached hydrogens (tertiary/aromatic N) is 4. The molecule has 0 fully saturated rings. The summed E-state index contributed by atoms with van der Waals surface area (Å²) in [6, 6.07) is 23.3. The Labute approximate surface area is 182 Å². The molecule has 5 aromatic rings. The van der Waals surface area contributed by atoms with E-state index in [1.165, 1.54) is 22.1 Å². The Morgan fingerprint density at radius 2 is 1.61 bits per heavy atom. The van der Waals surface area contributed by atoms with Crippen LogP contribution in [0, 0.1) is 6.92 Å². The largest absolute Gasteiger partial charge is 0.275 e. The number of hydrogen-bond donors (Lipinski definition) is 0. The van der Waals surface area contributed by atoms with Gasteiger partial charge in [0.05, 0.1) is 16.9 Å².